The molecule has 0 bridgehead atoms. The second-order valence-electron chi connectivity index (χ2n) is 18.1. The Bertz CT molecular complexity index is 989. The minimum Gasteiger partial charge on any atom is -0.462 e. The maximum Gasteiger partial charge on any atom is 0.306 e. The van der Waals surface area contributed by atoms with Crippen molar-refractivity contribution in [3.05, 3.63) is 24.3 Å². The van der Waals surface area contributed by atoms with E-state index in [1.165, 1.54) is 186 Å². The third kappa shape index (κ3) is 48.8. The number of hydrogen-bond donors (Lipinski definition) is 0. The maximum atomic E-state index is 12.8. The number of carbonyl (C=O) groups is 3. The lowest BCUT2D eigenvalue weighted by atomic mass is 10.0. The summed E-state index contributed by atoms with van der Waals surface area (Å²) in [6.45, 7) is 6.62. The molecule has 0 fully saturated rings. The molecule has 0 spiro atoms. The van der Waals surface area contributed by atoms with Crippen molar-refractivity contribution in [2.24, 2.45) is 0 Å². The lowest BCUT2D eigenvalue weighted by Gasteiger charge is -2.18. The summed E-state index contributed by atoms with van der Waals surface area (Å²) in [6.07, 6.45) is 57.3. The predicted molar refractivity (Wildman–Crippen MR) is 261 cm³/mol. The van der Waals surface area contributed by atoms with Crippen LogP contribution in [-0.2, 0) is 28.6 Å². The predicted octanol–water partition coefficient (Wildman–Crippen LogP) is 17.5. The Morgan fingerprint density at radius 1 is 0.311 bits per heavy atom. The molecule has 0 heterocycles. The molecule has 6 nitrogen and oxygen atoms in total. The minimum atomic E-state index is -0.772. The zero-order valence-electron chi connectivity index (χ0n) is 40.9. The molecule has 0 aliphatic heterocycles. The Hall–Kier alpha value is -2.11. The van der Waals surface area contributed by atoms with Crippen LogP contribution < -0.4 is 0 Å². The van der Waals surface area contributed by atoms with Gasteiger partial charge in [0.25, 0.3) is 0 Å². The van der Waals surface area contributed by atoms with Crippen molar-refractivity contribution in [3.8, 4) is 0 Å². The van der Waals surface area contributed by atoms with E-state index in [-0.39, 0.29) is 31.1 Å². The summed E-state index contributed by atoms with van der Waals surface area (Å²) in [5.74, 6) is -0.872. The Labute approximate surface area is 379 Å². The number of esters is 3. The summed E-state index contributed by atoms with van der Waals surface area (Å²) < 4.78 is 16.8. The Kier molecular flexibility index (Phi) is 48.8. The van der Waals surface area contributed by atoms with Gasteiger partial charge in [-0.2, -0.15) is 0 Å². The average Bonchev–Trinajstić information content (AvgIpc) is 3.26. The summed E-state index contributed by atoms with van der Waals surface area (Å²) in [4.78, 5) is 38.0. The zero-order valence-corrected chi connectivity index (χ0v) is 40.9. The fourth-order valence-corrected chi connectivity index (χ4v) is 7.83. The monoisotopic (exact) mass is 859 g/mol. The van der Waals surface area contributed by atoms with Crippen LogP contribution in [0.25, 0.3) is 0 Å². The third-order valence-electron chi connectivity index (χ3n) is 11.9. The van der Waals surface area contributed by atoms with Crippen LogP contribution in [0.1, 0.15) is 290 Å². The van der Waals surface area contributed by atoms with Crippen molar-refractivity contribution >= 4 is 17.9 Å². The fraction of sp³-hybridized carbons (Fsp3) is 0.873. The van der Waals surface area contributed by atoms with E-state index in [4.69, 9.17) is 14.2 Å². The van der Waals surface area contributed by atoms with Crippen molar-refractivity contribution in [1.82, 2.24) is 0 Å². The van der Waals surface area contributed by atoms with Crippen molar-refractivity contribution in [3.63, 3.8) is 0 Å². The summed E-state index contributed by atoms with van der Waals surface area (Å²) in [5, 5.41) is 0. The molecule has 1 atom stereocenters. The molecule has 0 N–H and O–H groups in total. The Balaban J connectivity index is 4.32. The highest BCUT2D eigenvalue weighted by molar-refractivity contribution is 5.71. The van der Waals surface area contributed by atoms with Crippen LogP contribution in [0.3, 0.4) is 0 Å². The van der Waals surface area contributed by atoms with E-state index >= 15 is 0 Å². The molecule has 0 saturated heterocycles. The number of carbonyl (C=O) groups excluding carboxylic acids is 3. The second-order valence-corrected chi connectivity index (χ2v) is 18.1. The van der Waals surface area contributed by atoms with Gasteiger partial charge in [-0.1, -0.05) is 231 Å². The lowest BCUT2D eigenvalue weighted by Crippen LogP contribution is -2.30. The molecular formula is C55H102O6. The maximum absolute atomic E-state index is 12.8. The van der Waals surface area contributed by atoms with Gasteiger partial charge in [0.2, 0.25) is 0 Å². The average molecular weight is 859 g/mol. The quantitative estimate of drug-likeness (QED) is 0.0262. The molecule has 0 aromatic rings. The molecule has 0 aromatic heterocycles. The summed E-state index contributed by atoms with van der Waals surface area (Å²) in [6, 6.07) is 0. The van der Waals surface area contributed by atoms with Crippen LogP contribution in [-0.4, -0.2) is 37.2 Å². The number of unbranched alkanes of at least 4 members (excludes halogenated alkanes) is 34. The SMILES string of the molecule is CCCC/C=C\CCCCCCCC(=O)OC[C@H](COC(=O)CCCCCCCCCCCCCCCCC)OC(=O)CCCCCCCCC/C=C\CCCCCCCC. The molecule has 0 aromatic carbocycles. The molecular weight excluding hydrogens is 757 g/mol. The van der Waals surface area contributed by atoms with Gasteiger partial charge in [0, 0.05) is 19.3 Å². The number of allylic oxidation sites excluding steroid dienone is 4. The topological polar surface area (TPSA) is 78.9 Å². The van der Waals surface area contributed by atoms with Crippen LogP contribution in [0.4, 0.5) is 0 Å². The molecule has 0 radical (unpaired) electrons. The minimum absolute atomic E-state index is 0.0717. The van der Waals surface area contributed by atoms with Crippen molar-refractivity contribution in [2.75, 3.05) is 13.2 Å². The van der Waals surface area contributed by atoms with Gasteiger partial charge in [0.05, 0.1) is 0 Å². The van der Waals surface area contributed by atoms with Gasteiger partial charge in [-0.3, -0.25) is 14.4 Å². The number of hydrogen-bond acceptors (Lipinski definition) is 6. The third-order valence-corrected chi connectivity index (χ3v) is 11.9. The van der Waals surface area contributed by atoms with Gasteiger partial charge in [-0.15, -0.1) is 0 Å². The fourth-order valence-electron chi connectivity index (χ4n) is 7.83. The lowest BCUT2D eigenvalue weighted by molar-refractivity contribution is -0.167. The smallest absolute Gasteiger partial charge is 0.306 e. The first kappa shape index (κ1) is 58.9. The molecule has 0 amide bonds. The molecule has 0 rings (SSSR count). The van der Waals surface area contributed by atoms with E-state index < -0.39 is 6.10 Å². The Morgan fingerprint density at radius 3 is 0.869 bits per heavy atom. The first-order valence-corrected chi connectivity index (χ1v) is 26.8. The van der Waals surface area contributed by atoms with Crippen LogP contribution in [0, 0.1) is 0 Å². The van der Waals surface area contributed by atoms with Gasteiger partial charge in [0.1, 0.15) is 13.2 Å². The zero-order chi connectivity index (χ0) is 44.4. The summed E-state index contributed by atoms with van der Waals surface area (Å²) in [7, 11) is 0. The van der Waals surface area contributed by atoms with Crippen LogP contribution in [0.2, 0.25) is 0 Å². The van der Waals surface area contributed by atoms with E-state index in [1.807, 2.05) is 0 Å². The number of rotatable bonds is 49. The molecule has 6 heteroatoms. The van der Waals surface area contributed by atoms with Crippen molar-refractivity contribution in [2.45, 2.75) is 297 Å². The highest BCUT2D eigenvalue weighted by Crippen LogP contribution is 2.16. The molecule has 61 heavy (non-hydrogen) atoms. The van der Waals surface area contributed by atoms with Crippen molar-refractivity contribution < 1.29 is 28.6 Å². The number of ether oxygens (including phenoxy) is 3. The molecule has 358 valence electrons. The highest BCUT2D eigenvalue weighted by Gasteiger charge is 2.19. The molecule has 0 aliphatic carbocycles. The van der Waals surface area contributed by atoms with Gasteiger partial charge in [-0.25, -0.2) is 0 Å². The molecule has 0 saturated carbocycles. The normalized spacial score (nSPS) is 12.1. The van der Waals surface area contributed by atoms with Crippen LogP contribution in [0.15, 0.2) is 24.3 Å². The van der Waals surface area contributed by atoms with E-state index in [2.05, 4.69) is 45.1 Å². The Morgan fingerprint density at radius 2 is 0.557 bits per heavy atom. The van der Waals surface area contributed by atoms with E-state index in [9.17, 15) is 14.4 Å². The van der Waals surface area contributed by atoms with Gasteiger partial charge >= 0.3 is 17.9 Å². The van der Waals surface area contributed by atoms with E-state index in [0.717, 1.165) is 64.2 Å². The summed E-state index contributed by atoms with van der Waals surface area (Å²) >= 11 is 0. The van der Waals surface area contributed by atoms with Crippen molar-refractivity contribution in [1.29, 1.82) is 0 Å². The van der Waals surface area contributed by atoms with Gasteiger partial charge < -0.3 is 14.2 Å². The second kappa shape index (κ2) is 50.5. The highest BCUT2D eigenvalue weighted by atomic mass is 16.6. The largest absolute Gasteiger partial charge is 0.462 e. The van der Waals surface area contributed by atoms with Gasteiger partial charge in [-0.05, 0) is 64.2 Å². The first-order valence-electron chi connectivity index (χ1n) is 26.8. The first-order chi connectivity index (χ1) is 30.0. The van der Waals surface area contributed by atoms with E-state index in [1.54, 1.807) is 0 Å². The van der Waals surface area contributed by atoms with E-state index in [0.29, 0.717) is 19.3 Å². The standard InChI is InChI=1S/C55H102O6/c1-4-7-10-13-16-19-22-24-26-27-29-31-34-37-40-43-46-49-55(58)61-52(50-59-53(56)47-44-41-38-35-32-21-18-15-12-9-6-3)51-60-54(57)48-45-42-39-36-33-30-28-25-23-20-17-14-11-8-5-2/h15,18,24,26,52H,4-14,16-17,19-23,25,27-51H2,1-3H3/b18-15-,26-24-/t52-/m1/s1. The van der Waals surface area contributed by atoms with Crippen LogP contribution >= 0.6 is 0 Å². The van der Waals surface area contributed by atoms with Crippen LogP contribution in [0.5, 0.6) is 0 Å². The molecule has 0 unspecified atom stereocenters. The summed E-state index contributed by atoms with van der Waals surface area (Å²) in [5.41, 5.74) is 0. The molecule has 0 aliphatic rings. The van der Waals surface area contributed by atoms with Gasteiger partial charge in [0.15, 0.2) is 6.10 Å².